The van der Waals surface area contributed by atoms with Gasteiger partial charge >= 0.3 is 0 Å². The highest BCUT2D eigenvalue weighted by atomic mass is 35.5. The molecule has 25 heavy (non-hydrogen) atoms. The third-order valence-electron chi connectivity index (χ3n) is 3.93. The number of H-pyrrole nitrogens is 1. The zero-order valence-electron chi connectivity index (χ0n) is 14.0. The molecule has 2 aromatic carbocycles. The van der Waals surface area contributed by atoms with Gasteiger partial charge in [0.1, 0.15) is 0 Å². The van der Waals surface area contributed by atoms with Crippen molar-refractivity contribution >= 4 is 34.7 Å². The van der Waals surface area contributed by atoms with Crippen molar-refractivity contribution in [3.8, 4) is 0 Å². The topological polar surface area (TPSA) is 78.6 Å². The van der Waals surface area contributed by atoms with Gasteiger partial charge in [0, 0.05) is 34.2 Å². The summed E-state index contributed by atoms with van der Waals surface area (Å²) < 4.78 is 0. The normalized spacial score (nSPS) is 12.2. The highest BCUT2D eigenvalue weighted by molar-refractivity contribution is 6.30. The molecule has 128 valence electrons. The van der Waals surface area contributed by atoms with Crippen LogP contribution < -0.4 is 11.2 Å². The summed E-state index contributed by atoms with van der Waals surface area (Å²) in [4.78, 5) is 7.53. The third-order valence-corrected chi connectivity index (χ3v) is 4.19. The number of aromatic nitrogens is 1. The van der Waals surface area contributed by atoms with Crippen molar-refractivity contribution in [1.82, 2.24) is 10.4 Å². The molecule has 0 saturated heterocycles. The van der Waals surface area contributed by atoms with E-state index in [9.17, 15) is 0 Å². The minimum Gasteiger partial charge on any atom is -0.369 e. The molecule has 5 nitrogen and oxygen atoms in total. The van der Waals surface area contributed by atoms with E-state index < -0.39 is 0 Å². The number of para-hydroxylation sites is 1. The highest BCUT2D eigenvalue weighted by Crippen LogP contribution is 2.19. The summed E-state index contributed by atoms with van der Waals surface area (Å²) in [7, 11) is 0. The van der Waals surface area contributed by atoms with Crippen molar-refractivity contribution in [1.29, 1.82) is 0 Å². The molecule has 4 N–H and O–H groups in total. The first-order valence-corrected chi connectivity index (χ1v) is 8.41. The number of rotatable bonds is 5. The molecule has 0 unspecified atom stereocenters. The molecule has 0 radical (unpaired) electrons. The fourth-order valence-electron chi connectivity index (χ4n) is 2.59. The van der Waals surface area contributed by atoms with Gasteiger partial charge in [0.15, 0.2) is 0 Å². The number of halogens is 1. The van der Waals surface area contributed by atoms with E-state index in [0.717, 1.165) is 27.9 Å². The van der Waals surface area contributed by atoms with E-state index in [1.54, 1.807) is 6.21 Å². The number of nitrogens with two attached hydrogens (primary N) is 1. The Labute approximate surface area is 151 Å². The predicted molar refractivity (Wildman–Crippen MR) is 105 cm³/mol. The summed E-state index contributed by atoms with van der Waals surface area (Å²) >= 11 is 5.86. The molecule has 3 rings (SSSR count). The number of nitrogens with zero attached hydrogens (tertiary/aromatic N) is 2. The quantitative estimate of drug-likeness (QED) is 0.372. The predicted octanol–water partition coefficient (Wildman–Crippen LogP) is 3.61. The third kappa shape index (κ3) is 4.39. The van der Waals surface area contributed by atoms with Crippen LogP contribution in [0.15, 0.2) is 58.8 Å². The molecule has 1 heterocycles. The Kier molecular flexibility index (Phi) is 5.36. The maximum absolute atomic E-state index is 5.86. The molecule has 0 aliphatic carbocycles. The van der Waals surface area contributed by atoms with Crippen LogP contribution in [0.25, 0.3) is 10.9 Å². The van der Waals surface area contributed by atoms with Gasteiger partial charge in [-0.2, -0.15) is 5.10 Å². The van der Waals surface area contributed by atoms with Crippen LogP contribution in [0.1, 0.15) is 16.7 Å². The summed E-state index contributed by atoms with van der Waals surface area (Å²) in [5.41, 5.74) is 13.1. The molecule has 1 aromatic heterocycles. The molecule has 0 fully saturated rings. The SMILES string of the molecule is Cc1cccc2c(/C=N/NC(N)=NCCc3ccc(Cl)cc3)c[nH]c12. The van der Waals surface area contributed by atoms with Gasteiger partial charge in [0.2, 0.25) is 5.96 Å². The lowest BCUT2D eigenvalue weighted by atomic mass is 10.1. The number of hydrogen-bond acceptors (Lipinski definition) is 2. The van der Waals surface area contributed by atoms with Gasteiger partial charge in [-0.05, 0) is 36.6 Å². The fraction of sp³-hybridized carbons (Fsp3) is 0.158. The Morgan fingerprint density at radius 1 is 1.24 bits per heavy atom. The second-order valence-electron chi connectivity index (χ2n) is 5.75. The van der Waals surface area contributed by atoms with Crippen LogP contribution in [0.3, 0.4) is 0 Å². The number of hydrogen-bond donors (Lipinski definition) is 3. The van der Waals surface area contributed by atoms with E-state index in [1.165, 1.54) is 11.1 Å². The number of aromatic amines is 1. The smallest absolute Gasteiger partial charge is 0.209 e. The lowest BCUT2D eigenvalue weighted by Gasteiger charge is -2.01. The van der Waals surface area contributed by atoms with Crippen LogP contribution in [-0.2, 0) is 6.42 Å². The molecule has 0 bridgehead atoms. The first kappa shape index (κ1) is 17.0. The van der Waals surface area contributed by atoms with Crippen molar-refractivity contribution in [2.45, 2.75) is 13.3 Å². The summed E-state index contributed by atoms with van der Waals surface area (Å²) in [5, 5.41) is 6.02. The average Bonchev–Trinajstić information content (AvgIpc) is 3.01. The first-order valence-electron chi connectivity index (χ1n) is 8.03. The maximum Gasteiger partial charge on any atom is 0.209 e. The molecular weight excluding hydrogens is 334 g/mol. The van der Waals surface area contributed by atoms with E-state index in [2.05, 4.69) is 39.6 Å². The van der Waals surface area contributed by atoms with Crippen molar-refractivity contribution in [3.63, 3.8) is 0 Å². The zero-order chi connectivity index (χ0) is 17.6. The second kappa shape index (κ2) is 7.85. The standard InChI is InChI=1S/C19H20ClN5/c1-13-3-2-4-17-15(11-23-18(13)17)12-24-25-19(21)22-10-9-14-5-7-16(20)8-6-14/h2-8,11-12,23H,9-10H2,1H3,(H3,21,22,25)/b24-12+. The lowest BCUT2D eigenvalue weighted by molar-refractivity contribution is 0.926. The second-order valence-corrected chi connectivity index (χ2v) is 6.19. The van der Waals surface area contributed by atoms with Gasteiger partial charge in [0.05, 0.1) is 6.21 Å². The van der Waals surface area contributed by atoms with Gasteiger partial charge in [-0.15, -0.1) is 0 Å². The van der Waals surface area contributed by atoms with Gasteiger partial charge in [-0.1, -0.05) is 41.9 Å². The Hall–Kier alpha value is -2.79. The van der Waals surface area contributed by atoms with Crippen LogP contribution in [0, 0.1) is 6.92 Å². The molecule has 0 saturated carbocycles. The van der Waals surface area contributed by atoms with Gasteiger partial charge in [-0.25, -0.2) is 5.43 Å². The Balaban J connectivity index is 1.55. The molecule has 0 spiro atoms. The van der Waals surface area contributed by atoms with Crippen LogP contribution >= 0.6 is 11.6 Å². The van der Waals surface area contributed by atoms with Gasteiger partial charge < -0.3 is 10.7 Å². The summed E-state index contributed by atoms with van der Waals surface area (Å²) in [6.45, 7) is 2.66. The van der Waals surface area contributed by atoms with Crippen molar-refractivity contribution in [2.24, 2.45) is 15.8 Å². The molecule has 3 aromatic rings. The molecule has 6 heteroatoms. The Bertz CT molecular complexity index is 909. The summed E-state index contributed by atoms with van der Waals surface area (Å²) in [6.07, 6.45) is 4.46. The Morgan fingerprint density at radius 3 is 2.84 bits per heavy atom. The van der Waals surface area contributed by atoms with E-state index in [1.807, 2.05) is 36.5 Å². The fourth-order valence-corrected chi connectivity index (χ4v) is 2.72. The molecular formula is C19H20ClN5. The maximum atomic E-state index is 5.86. The average molecular weight is 354 g/mol. The highest BCUT2D eigenvalue weighted by Gasteiger charge is 2.02. The number of benzene rings is 2. The number of guanidine groups is 1. The first-order chi connectivity index (χ1) is 12.1. The van der Waals surface area contributed by atoms with E-state index in [0.29, 0.717) is 12.5 Å². The lowest BCUT2D eigenvalue weighted by Crippen LogP contribution is -2.27. The van der Waals surface area contributed by atoms with E-state index in [4.69, 9.17) is 17.3 Å². The van der Waals surface area contributed by atoms with Gasteiger partial charge in [-0.3, -0.25) is 4.99 Å². The van der Waals surface area contributed by atoms with Crippen molar-refractivity contribution < 1.29 is 0 Å². The van der Waals surface area contributed by atoms with Crippen LogP contribution in [0.4, 0.5) is 0 Å². The molecule has 0 amide bonds. The minimum absolute atomic E-state index is 0.293. The van der Waals surface area contributed by atoms with Crippen molar-refractivity contribution in [3.05, 3.63) is 70.4 Å². The van der Waals surface area contributed by atoms with Crippen LogP contribution in [0.5, 0.6) is 0 Å². The number of hydrazone groups is 1. The minimum atomic E-state index is 0.293. The summed E-state index contributed by atoms with van der Waals surface area (Å²) in [5.74, 6) is 0.293. The molecule has 0 aliphatic rings. The van der Waals surface area contributed by atoms with E-state index >= 15 is 0 Å². The van der Waals surface area contributed by atoms with Crippen LogP contribution in [0.2, 0.25) is 5.02 Å². The van der Waals surface area contributed by atoms with Crippen molar-refractivity contribution in [2.75, 3.05) is 6.54 Å². The van der Waals surface area contributed by atoms with Crippen LogP contribution in [-0.4, -0.2) is 23.7 Å². The zero-order valence-corrected chi connectivity index (χ0v) is 14.7. The number of aliphatic imine (C=N–C) groups is 1. The number of fused-ring (bicyclic) bond motifs is 1. The largest absolute Gasteiger partial charge is 0.369 e. The van der Waals surface area contributed by atoms with E-state index in [-0.39, 0.29) is 0 Å². The summed E-state index contributed by atoms with van der Waals surface area (Å²) in [6, 6.07) is 13.9. The molecule has 0 aliphatic heterocycles. The van der Waals surface area contributed by atoms with Gasteiger partial charge in [0.25, 0.3) is 0 Å². The number of nitrogens with one attached hydrogen (secondary N) is 2. The monoisotopic (exact) mass is 353 g/mol. The Morgan fingerprint density at radius 2 is 2.04 bits per heavy atom. The molecule has 0 atom stereocenters. The number of aryl methyl sites for hydroxylation is 1.